The van der Waals surface area contributed by atoms with Gasteiger partial charge in [0.1, 0.15) is 11.6 Å². The highest BCUT2D eigenvalue weighted by molar-refractivity contribution is 5.61. The molecular formula is C19H21F4NO2. The van der Waals surface area contributed by atoms with Gasteiger partial charge in [0.05, 0.1) is 18.9 Å². The molecule has 0 radical (unpaired) electrons. The third kappa shape index (κ3) is 6.92. The summed E-state index contributed by atoms with van der Waals surface area (Å²) < 4.78 is 59.9. The minimum atomic E-state index is -4.75. The van der Waals surface area contributed by atoms with E-state index in [1.807, 2.05) is 0 Å². The Morgan fingerprint density at radius 2 is 1.62 bits per heavy atom. The fourth-order valence-corrected chi connectivity index (χ4v) is 2.13. The molecule has 0 aliphatic rings. The largest absolute Gasteiger partial charge is 0.573 e. The molecule has 2 rings (SSSR count). The normalized spacial score (nSPS) is 12.1. The first-order valence-electron chi connectivity index (χ1n) is 8.01. The molecule has 0 aromatic heterocycles. The lowest BCUT2D eigenvalue weighted by Crippen LogP contribution is -2.16. The SMILES string of the molecule is CC(C)(C)COCc1ccc(F)c(Nc2ccc(OC(F)(F)F)cc2)c1. The molecule has 0 aliphatic heterocycles. The van der Waals surface area contributed by atoms with E-state index in [1.54, 1.807) is 12.1 Å². The monoisotopic (exact) mass is 371 g/mol. The maximum absolute atomic E-state index is 14.0. The molecule has 0 amide bonds. The summed E-state index contributed by atoms with van der Waals surface area (Å²) in [5, 5.41) is 2.84. The van der Waals surface area contributed by atoms with E-state index in [1.165, 1.54) is 18.2 Å². The van der Waals surface area contributed by atoms with Crippen LogP contribution in [0.2, 0.25) is 0 Å². The molecule has 0 saturated heterocycles. The lowest BCUT2D eigenvalue weighted by Gasteiger charge is -2.18. The Kier molecular flexibility index (Phi) is 6.13. The second-order valence-electron chi connectivity index (χ2n) is 7.06. The van der Waals surface area contributed by atoms with Crippen molar-refractivity contribution in [3.8, 4) is 5.75 Å². The van der Waals surface area contributed by atoms with Gasteiger partial charge in [-0.3, -0.25) is 0 Å². The number of hydrogen-bond donors (Lipinski definition) is 1. The first-order chi connectivity index (χ1) is 12.0. The van der Waals surface area contributed by atoms with Crippen LogP contribution in [0.5, 0.6) is 5.75 Å². The second-order valence-corrected chi connectivity index (χ2v) is 7.06. The topological polar surface area (TPSA) is 30.5 Å². The van der Waals surface area contributed by atoms with Crippen molar-refractivity contribution in [3.05, 3.63) is 53.8 Å². The standard InChI is InChI=1S/C19H21F4NO2/c1-18(2,3)12-25-11-13-4-9-16(20)17(10-13)24-14-5-7-15(8-6-14)26-19(21,22)23/h4-10,24H,11-12H2,1-3H3. The van der Waals surface area contributed by atoms with Gasteiger partial charge in [-0.1, -0.05) is 26.8 Å². The highest BCUT2D eigenvalue weighted by Gasteiger charge is 2.30. The second kappa shape index (κ2) is 7.95. The van der Waals surface area contributed by atoms with Crippen molar-refractivity contribution in [1.29, 1.82) is 0 Å². The highest BCUT2D eigenvalue weighted by atomic mass is 19.4. The van der Waals surface area contributed by atoms with Gasteiger partial charge in [-0.05, 0) is 47.4 Å². The van der Waals surface area contributed by atoms with Gasteiger partial charge >= 0.3 is 6.36 Å². The number of nitrogens with one attached hydrogen (secondary N) is 1. The summed E-state index contributed by atoms with van der Waals surface area (Å²) in [6.45, 7) is 7.06. The molecule has 0 heterocycles. The maximum atomic E-state index is 14.0. The van der Waals surface area contributed by atoms with Crippen molar-refractivity contribution in [3.63, 3.8) is 0 Å². The van der Waals surface area contributed by atoms with Crippen LogP contribution < -0.4 is 10.1 Å². The van der Waals surface area contributed by atoms with Crippen LogP contribution in [0.4, 0.5) is 28.9 Å². The molecule has 2 aromatic rings. The first kappa shape index (κ1) is 20.0. The molecule has 0 saturated carbocycles. The number of halogens is 4. The Hall–Kier alpha value is -2.28. The maximum Gasteiger partial charge on any atom is 0.573 e. The summed E-state index contributed by atoms with van der Waals surface area (Å²) in [5.41, 5.74) is 1.47. The van der Waals surface area contributed by atoms with E-state index in [0.29, 0.717) is 18.9 Å². The van der Waals surface area contributed by atoms with Gasteiger partial charge in [0.2, 0.25) is 0 Å². The van der Waals surface area contributed by atoms with E-state index in [0.717, 1.165) is 17.7 Å². The third-order valence-electron chi connectivity index (χ3n) is 3.20. The molecule has 0 aliphatic carbocycles. The summed E-state index contributed by atoms with van der Waals surface area (Å²) in [4.78, 5) is 0. The van der Waals surface area contributed by atoms with E-state index in [2.05, 4.69) is 30.8 Å². The van der Waals surface area contributed by atoms with Crippen LogP contribution in [-0.4, -0.2) is 13.0 Å². The number of benzene rings is 2. The number of hydrogen-bond acceptors (Lipinski definition) is 3. The summed E-state index contributed by atoms with van der Waals surface area (Å²) in [5.74, 6) is -0.812. The molecule has 0 bridgehead atoms. The number of anilines is 2. The lowest BCUT2D eigenvalue weighted by atomic mass is 9.99. The van der Waals surface area contributed by atoms with Crippen molar-refractivity contribution < 1.29 is 27.0 Å². The average molecular weight is 371 g/mol. The lowest BCUT2D eigenvalue weighted by molar-refractivity contribution is -0.274. The van der Waals surface area contributed by atoms with Gasteiger partial charge in [-0.2, -0.15) is 0 Å². The molecule has 0 atom stereocenters. The van der Waals surface area contributed by atoms with Crippen LogP contribution in [0.15, 0.2) is 42.5 Å². The van der Waals surface area contributed by atoms with Gasteiger partial charge in [0, 0.05) is 5.69 Å². The zero-order chi connectivity index (χ0) is 19.4. The molecule has 0 unspecified atom stereocenters. The molecule has 3 nitrogen and oxygen atoms in total. The summed E-state index contributed by atoms with van der Waals surface area (Å²) in [6.07, 6.45) is -4.75. The van der Waals surface area contributed by atoms with E-state index >= 15 is 0 Å². The van der Waals surface area contributed by atoms with Crippen LogP contribution in [-0.2, 0) is 11.3 Å². The molecule has 26 heavy (non-hydrogen) atoms. The number of rotatable bonds is 6. The Morgan fingerprint density at radius 3 is 2.19 bits per heavy atom. The minimum Gasteiger partial charge on any atom is -0.406 e. The average Bonchev–Trinajstić information content (AvgIpc) is 2.50. The highest BCUT2D eigenvalue weighted by Crippen LogP contribution is 2.27. The molecular weight excluding hydrogens is 350 g/mol. The molecule has 1 N–H and O–H groups in total. The van der Waals surface area contributed by atoms with Crippen LogP contribution in [0.1, 0.15) is 26.3 Å². The summed E-state index contributed by atoms with van der Waals surface area (Å²) in [7, 11) is 0. The molecule has 0 spiro atoms. The smallest absolute Gasteiger partial charge is 0.406 e. The Labute approximate surface area is 149 Å². The summed E-state index contributed by atoms with van der Waals surface area (Å²) in [6, 6.07) is 9.63. The van der Waals surface area contributed by atoms with Crippen molar-refractivity contribution in [2.24, 2.45) is 5.41 Å². The third-order valence-corrected chi connectivity index (χ3v) is 3.20. The Balaban J connectivity index is 2.03. The number of ether oxygens (including phenoxy) is 2. The van der Waals surface area contributed by atoms with Crippen LogP contribution in [0, 0.1) is 11.2 Å². The van der Waals surface area contributed by atoms with Crippen LogP contribution >= 0.6 is 0 Å². The van der Waals surface area contributed by atoms with Crippen molar-refractivity contribution in [1.82, 2.24) is 0 Å². The fourth-order valence-electron chi connectivity index (χ4n) is 2.13. The summed E-state index contributed by atoms with van der Waals surface area (Å²) >= 11 is 0. The molecule has 0 fully saturated rings. The van der Waals surface area contributed by atoms with E-state index < -0.39 is 12.2 Å². The zero-order valence-electron chi connectivity index (χ0n) is 14.8. The van der Waals surface area contributed by atoms with E-state index in [-0.39, 0.29) is 16.9 Å². The van der Waals surface area contributed by atoms with Gasteiger partial charge in [-0.15, -0.1) is 13.2 Å². The Morgan fingerprint density at radius 1 is 0.962 bits per heavy atom. The van der Waals surface area contributed by atoms with Crippen LogP contribution in [0.25, 0.3) is 0 Å². The molecule has 7 heteroatoms. The van der Waals surface area contributed by atoms with Crippen molar-refractivity contribution in [2.45, 2.75) is 33.7 Å². The Bertz CT molecular complexity index is 722. The molecule has 2 aromatic carbocycles. The first-order valence-corrected chi connectivity index (χ1v) is 8.01. The van der Waals surface area contributed by atoms with Crippen molar-refractivity contribution in [2.75, 3.05) is 11.9 Å². The van der Waals surface area contributed by atoms with E-state index in [9.17, 15) is 17.6 Å². The van der Waals surface area contributed by atoms with Gasteiger partial charge in [0.25, 0.3) is 0 Å². The molecule has 142 valence electrons. The van der Waals surface area contributed by atoms with Gasteiger partial charge in [0.15, 0.2) is 0 Å². The van der Waals surface area contributed by atoms with E-state index in [4.69, 9.17) is 4.74 Å². The quantitative estimate of drug-likeness (QED) is 0.629. The predicted molar refractivity (Wildman–Crippen MR) is 91.9 cm³/mol. The van der Waals surface area contributed by atoms with Gasteiger partial charge in [-0.25, -0.2) is 4.39 Å². The minimum absolute atomic E-state index is 0.0291. The van der Waals surface area contributed by atoms with Crippen LogP contribution in [0.3, 0.4) is 0 Å². The van der Waals surface area contributed by atoms with Gasteiger partial charge < -0.3 is 14.8 Å². The van der Waals surface area contributed by atoms with Crippen molar-refractivity contribution >= 4 is 11.4 Å². The number of alkyl halides is 3. The fraction of sp³-hybridized carbons (Fsp3) is 0.368. The zero-order valence-corrected chi connectivity index (χ0v) is 14.8. The predicted octanol–water partition coefficient (Wildman–Crippen LogP) is 6.03.